The summed E-state index contributed by atoms with van der Waals surface area (Å²) in [6, 6.07) is 0.392. The number of rotatable bonds is 6. The lowest BCUT2D eigenvalue weighted by atomic mass is 9.85. The number of piperidine rings is 1. The summed E-state index contributed by atoms with van der Waals surface area (Å²) in [5, 5.41) is 10.2. The number of hydrogen-bond donors (Lipinski definition) is 1. The minimum Gasteiger partial charge on any atom is -0.391 e. The van der Waals surface area contributed by atoms with Gasteiger partial charge in [-0.1, -0.05) is 34.1 Å². The van der Waals surface area contributed by atoms with Crippen LogP contribution in [0.2, 0.25) is 0 Å². The quantitative estimate of drug-likeness (QED) is 0.771. The molecular weight excluding hydrogens is 210 g/mol. The van der Waals surface area contributed by atoms with Crippen molar-refractivity contribution in [2.75, 3.05) is 13.1 Å². The fourth-order valence-electron chi connectivity index (χ4n) is 3.18. The van der Waals surface area contributed by atoms with E-state index in [1.165, 1.54) is 25.9 Å². The normalized spacial score (nSPS) is 22.9. The molecule has 2 nitrogen and oxygen atoms in total. The number of nitrogens with zero attached hydrogens (tertiary/aromatic N) is 1. The van der Waals surface area contributed by atoms with Crippen molar-refractivity contribution in [1.29, 1.82) is 0 Å². The van der Waals surface area contributed by atoms with E-state index in [0.29, 0.717) is 6.04 Å². The van der Waals surface area contributed by atoms with Crippen molar-refractivity contribution in [3.8, 4) is 0 Å². The third kappa shape index (κ3) is 4.26. The lowest BCUT2D eigenvalue weighted by Crippen LogP contribution is -2.47. The molecule has 1 rings (SSSR count). The minimum absolute atomic E-state index is 0.124. The largest absolute Gasteiger partial charge is 0.391 e. The molecule has 1 heterocycles. The van der Waals surface area contributed by atoms with Gasteiger partial charge in [0.2, 0.25) is 0 Å². The van der Waals surface area contributed by atoms with Crippen LogP contribution < -0.4 is 0 Å². The van der Waals surface area contributed by atoms with E-state index in [-0.39, 0.29) is 6.10 Å². The number of likely N-dealkylation sites (tertiary alicyclic amines) is 1. The minimum atomic E-state index is -0.124. The van der Waals surface area contributed by atoms with Crippen LogP contribution in [0.25, 0.3) is 0 Å². The lowest BCUT2D eigenvalue weighted by molar-refractivity contribution is 0.0179. The van der Waals surface area contributed by atoms with Crippen molar-refractivity contribution in [3.63, 3.8) is 0 Å². The van der Waals surface area contributed by atoms with Crippen LogP contribution in [-0.4, -0.2) is 35.2 Å². The molecule has 0 radical (unpaired) electrons. The topological polar surface area (TPSA) is 23.5 Å². The summed E-state index contributed by atoms with van der Waals surface area (Å²) in [6.45, 7) is 11.4. The second-order valence-corrected chi connectivity index (χ2v) is 5.95. The van der Waals surface area contributed by atoms with Crippen molar-refractivity contribution in [1.82, 2.24) is 4.90 Å². The van der Waals surface area contributed by atoms with Crippen LogP contribution in [0.4, 0.5) is 0 Å². The molecule has 2 atom stereocenters. The number of hydrogen-bond acceptors (Lipinski definition) is 2. The number of aliphatic hydroxyl groups is 1. The van der Waals surface area contributed by atoms with Gasteiger partial charge in [-0.3, -0.25) is 4.90 Å². The Morgan fingerprint density at radius 1 is 1.18 bits per heavy atom. The molecule has 0 amide bonds. The third-order valence-electron chi connectivity index (χ3n) is 4.43. The van der Waals surface area contributed by atoms with Crippen molar-refractivity contribution in [2.45, 2.75) is 71.9 Å². The fraction of sp³-hybridized carbons (Fsp3) is 1.00. The predicted octanol–water partition coefficient (Wildman–Crippen LogP) is 3.29. The van der Waals surface area contributed by atoms with Crippen LogP contribution in [-0.2, 0) is 0 Å². The zero-order valence-electron chi connectivity index (χ0n) is 12.2. The van der Waals surface area contributed by atoms with E-state index in [2.05, 4.69) is 32.6 Å². The Bertz CT molecular complexity index is 197. The summed E-state index contributed by atoms with van der Waals surface area (Å²) in [6.07, 6.45) is 5.61. The van der Waals surface area contributed by atoms with Gasteiger partial charge in [-0.2, -0.15) is 0 Å². The lowest BCUT2D eigenvalue weighted by Gasteiger charge is -2.40. The molecule has 0 saturated carbocycles. The predicted molar refractivity (Wildman–Crippen MR) is 74.1 cm³/mol. The second-order valence-electron chi connectivity index (χ2n) is 5.95. The summed E-state index contributed by atoms with van der Waals surface area (Å²) in [5.41, 5.74) is 0. The van der Waals surface area contributed by atoms with Gasteiger partial charge in [0, 0.05) is 6.04 Å². The van der Waals surface area contributed by atoms with Crippen molar-refractivity contribution in [3.05, 3.63) is 0 Å². The highest BCUT2D eigenvalue weighted by Gasteiger charge is 2.28. The molecule has 0 bridgehead atoms. The van der Waals surface area contributed by atoms with Gasteiger partial charge in [-0.05, 0) is 50.6 Å². The standard InChI is InChI=1S/C15H31NO/c1-5-7-15(17)14(6-2)16-10-8-13(9-11-16)12(3)4/h12-15,17H,5-11H2,1-4H3. The molecule has 1 fully saturated rings. The summed E-state index contributed by atoms with van der Waals surface area (Å²) in [5.74, 6) is 1.71. The first-order chi connectivity index (χ1) is 8.10. The van der Waals surface area contributed by atoms with Gasteiger partial charge >= 0.3 is 0 Å². The Hall–Kier alpha value is -0.0800. The van der Waals surface area contributed by atoms with Crippen molar-refractivity contribution >= 4 is 0 Å². The van der Waals surface area contributed by atoms with Crippen molar-refractivity contribution in [2.24, 2.45) is 11.8 Å². The first-order valence-electron chi connectivity index (χ1n) is 7.52. The molecule has 2 unspecified atom stereocenters. The van der Waals surface area contributed by atoms with Crippen LogP contribution in [0.3, 0.4) is 0 Å². The average molecular weight is 241 g/mol. The van der Waals surface area contributed by atoms with E-state index in [1.807, 2.05) is 0 Å². The van der Waals surface area contributed by atoms with E-state index in [4.69, 9.17) is 0 Å². The molecule has 0 aromatic heterocycles. The van der Waals surface area contributed by atoms with E-state index in [9.17, 15) is 5.11 Å². The second kappa shape index (κ2) is 7.38. The van der Waals surface area contributed by atoms with Crippen LogP contribution >= 0.6 is 0 Å². The van der Waals surface area contributed by atoms with Gasteiger partial charge in [-0.25, -0.2) is 0 Å². The maximum atomic E-state index is 10.2. The molecule has 0 aliphatic carbocycles. The molecule has 1 aliphatic rings. The van der Waals surface area contributed by atoms with Gasteiger partial charge in [0.05, 0.1) is 6.10 Å². The number of aliphatic hydroxyl groups excluding tert-OH is 1. The molecule has 2 heteroatoms. The molecular formula is C15H31NO. The highest BCUT2D eigenvalue weighted by atomic mass is 16.3. The zero-order valence-corrected chi connectivity index (χ0v) is 12.2. The Kier molecular flexibility index (Phi) is 6.50. The Morgan fingerprint density at radius 2 is 1.76 bits per heavy atom. The molecule has 17 heavy (non-hydrogen) atoms. The Morgan fingerprint density at radius 3 is 2.18 bits per heavy atom. The van der Waals surface area contributed by atoms with Crippen LogP contribution in [0.5, 0.6) is 0 Å². The van der Waals surface area contributed by atoms with Gasteiger partial charge in [0.25, 0.3) is 0 Å². The molecule has 1 aliphatic heterocycles. The highest BCUT2D eigenvalue weighted by molar-refractivity contribution is 4.83. The first-order valence-corrected chi connectivity index (χ1v) is 7.52. The zero-order chi connectivity index (χ0) is 12.8. The first kappa shape index (κ1) is 15.0. The molecule has 102 valence electrons. The maximum absolute atomic E-state index is 10.2. The monoisotopic (exact) mass is 241 g/mol. The van der Waals surface area contributed by atoms with E-state index < -0.39 is 0 Å². The summed E-state index contributed by atoms with van der Waals surface area (Å²) < 4.78 is 0. The highest BCUT2D eigenvalue weighted by Crippen LogP contribution is 2.27. The molecule has 0 aromatic rings. The Labute approximate surface area is 107 Å². The van der Waals surface area contributed by atoms with Gasteiger partial charge in [-0.15, -0.1) is 0 Å². The maximum Gasteiger partial charge on any atom is 0.0695 e. The molecule has 0 spiro atoms. The summed E-state index contributed by atoms with van der Waals surface area (Å²) in [4.78, 5) is 2.53. The van der Waals surface area contributed by atoms with Gasteiger partial charge < -0.3 is 5.11 Å². The molecule has 0 aromatic carbocycles. The smallest absolute Gasteiger partial charge is 0.0695 e. The van der Waals surface area contributed by atoms with E-state index in [0.717, 1.165) is 31.1 Å². The summed E-state index contributed by atoms with van der Waals surface area (Å²) >= 11 is 0. The van der Waals surface area contributed by atoms with Gasteiger partial charge in [0.15, 0.2) is 0 Å². The third-order valence-corrected chi connectivity index (χ3v) is 4.43. The average Bonchev–Trinajstić information content (AvgIpc) is 2.31. The fourth-order valence-corrected chi connectivity index (χ4v) is 3.18. The SMILES string of the molecule is CCCC(O)C(CC)N1CCC(C(C)C)CC1. The van der Waals surface area contributed by atoms with E-state index >= 15 is 0 Å². The van der Waals surface area contributed by atoms with Gasteiger partial charge in [0.1, 0.15) is 0 Å². The summed E-state index contributed by atoms with van der Waals surface area (Å²) in [7, 11) is 0. The Balaban J connectivity index is 2.44. The molecule has 1 saturated heterocycles. The van der Waals surface area contributed by atoms with Crippen LogP contribution in [0.1, 0.15) is 59.8 Å². The van der Waals surface area contributed by atoms with Crippen LogP contribution in [0, 0.1) is 11.8 Å². The van der Waals surface area contributed by atoms with Crippen molar-refractivity contribution < 1.29 is 5.11 Å². The molecule has 1 N–H and O–H groups in total. The van der Waals surface area contributed by atoms with E-state index in [1.54, 1.807) is 0 Å². The van der Waals surface area contributed by atoms with Crippen LogP contribution in [0.15, 0.2) is 0 Å².